The van der Waals surface area contributed by atoms with Crippen molar-refractivity contribution in [2.24, 2.45) is 0 Å². The van der Waals surface area contributed by atoms with Gasteiger partial charge in [-0.3, -0.25) is 19.3 Å². The first kappa shape index (κ1) is 25.4. The molecule has 0 unspecified atom stereocenters. The highest BCUT2D eigenvalue weighted by molar-refractivity contribution is 5.98. The van der Waals surface area contributed by atoms with Crippen LogP contribution in [0.3, 0.4) is 0 Å². The minimum atomic E-state index is -0.998. The molecule has 0 N–H and O–H groups in total. The van der Waals surface area contributed by atoms with Crippen LogP contribution in [0, 0.1) is 12.7 Å². The molecule has 0 aliphatic carbocycles. The summed E-state index contributed by atoms with van der Waals surface area (Å²) in [4.78, 5) is 47.9. The summed E-state index contributed by atoms with van der Waals surface area (Å²) in [5.41, 5.74) is 0.952. The van der Waals surface area contributed by atoms with Crippen molar-refractivity contribution in [1.82, 2.24) is 19.6 Å². The third-order valence-electron chi connectivity index (χ3n) is 7.77. The van der Waals surface area contributed by atoms with Crippen LogP contribution in [0.2, 0.25) is 0 Å². The number of piperidine rings is 1. The van der Waals surface area contributed by atoms with Crippen molar-refractivity contribution in [3.05, 3.63) is 71.0 Å². The number of likely N-dealkylation sites (tertiary alicyclic amines) is 1. The highest BCUT2D eigenvalue weighted by atomic mass is 19.1. The fourth-order valence-electron chi connectivity index (χ4n) is 5.54. The largest absolute Gasteiger partial charge is 0.353 e. The molecule has 3 saturated heterocycles. The summed E-state index contributed by atoms with van der Waals surface area (Å²) in [7, 11) is 2.02. The molecular formula is C28H33FN4O4. The van der Waals surface area contributed by atoms with Crippen LogP contribution >= 0.6 is 0 Å². The minimum Gasteiger partial charge on any atom is -0.353 e. The van der Waals surface area contributed by atoms with Crippen molar-refractivity contribution < 1.29 is 23.5 Å². The van der Waals surface area contributed by atoms with Crippen LogP contribution < -0.4 is 0 Å². The molecule has 0 radical (unpaired) electrons. The van der Waals surface area contributed by atoms with Crippen molar-refractivity contribution in [2.45, 2.75) is 31.5 Å². The van der Waals surface area contributed by atoms with E-state index in [0.29, 0.717) is 50.1 Å². The Balaban J connectivity index is 1.39. The fraction of sp³-hybridized carbons (Fsp3) is 0.464. The van der Waals surface area contributed by atoms with Gasteiger partial charge in [0, 0.05) is 63.2 Å². The number of hydrogen-bond donors (Lipinski definition) is 0. The van der Waals surface area contributed by atoms with E-state index in [9.17, 15) is 18.8 Å². The van der Waals surface area contributed by atoms with Crippen molar-refractivity contribution >= 4 is 17.7 Å². The number of aryl methyl sites for hydroxylation is 1. The highest BCUT2D eigenvalue weighted by Crippen LogP contribution is 2.39. The Morgan fingerprint density at radius 2 is 1.54 bits per heavy atom. The van der Waals surface area contributed by atoms with Gasteiger partial charge in [-0.1, -0.05) is 17.7 Å². The Kier molecular flexibility index (Phi) is 7.00. The Morgan fingerprint density at radius 1 is 0.865 bits per heavy atom. The van der Waals surface area contributed by atoms with Crippen LogP contribution in [0.25, 0.3) is 0 Å². The first-order valence-corrected chi connectivity index (χ1v) is 12.8. The Labute approximate surface area is 216 Å². The van der Waals surface area contributed by atoms with Crippen molar-refractivity contribution in [2.75, 3.05) is 52.9 Å². The zero-order chi connectivity index (χ0) is 26.2. The predicted octanol–water partition coefficient (Wildman–Crippen LogP) is 2.38. The second-order valence-electron chi connectivity index (χ2n) is 10.2. The van der Waals surface area contributed by atoms with Crippen LogP contribution in [0.4, 0.5) is 4.39 Å². The molecule has 1 atom stereocenters. The van der Waals surface area contributed by atoms with Gasteiger partial charge in [0.05, 0.1) is 6.61 Å². The predicted molar refractivity (Wildman–Crippen MR) is 135 cm³/mol. The van der Waals surface area contributed by atoms with E-state index in [1.54, 1.807) is 20.8 Å². The van der Waals surface area contributed by atoms with Crippen LogP contribution in [0.15, 0.2) is 48.5 Å². The number of rotatable bonds is 3. The van der Waals surface area contributed by atoms with E-state index in [4.69, 9.17) is 4.74 Å². The van der Waals surface area contributed by atoms with Crippen LogP contribution in [-0.2, 0) is 9.53 Å². The topological polar surface area (TPSA) is 73.4 Å². The molecule has 3 aliphatic rings. The molecular weight excluding hydrogens is 475 g/mol. The van der Waals surface area contributed by atoms with E-state index < -0.39 is 17.6 Å². The zero-order valence-corrected chi connectivity index (χ0v) is 21.4. The molecule has 3 aliphatic heterocycles. The van der Waals surface area contributed by atoms with Gasteiger partial charge in [0.2, 0.25) is 5.91 Å². The van der Waals surface area contributed by atoms with E-state index in [1.165, 1.54) is 24.3 Å². The quantitative estimate of drug-likeness (QED) is 0.637. The lowest BCUT2D eigenvalue weighted by Crippen LogP contribution is -2.61. The average Bonchev–Trinajstić information content (AvgIpc) is 3.27. The van der Waals surface area contributed by atoms with E-state index in [1.807, 2.05) is 32.2 Å². The maximum Gasteiger partial charge on any atom is 0.256 e. The van der Waals surface area contributed by atoms with E-state index in [2.05, 4.69) is 4.90 Å². The van der Waals surface area contributed by atoms with Gasteiger partial charge in [0.1, 0.15) is 17.6 Å². The summed E-state index contributed by atoms with van der Waals surface area (Å²) in [5.74, 6) is -0.975. The monoisotopic (exact) mass is 508 g/mol. The van der Waals surface area contributed by atoms with Gasteiger partial charge in [0.25, 0.3) is 11.8 Å². The van der Waals surface area contributed by atoms with Crippen LogP contribution in [0.1, 0.15) is 39.1 Å². The number of carbonyl (C=O) groups excluding carboxylic acids is 3. The van der Waals surface area contributed by atoms with Gasteiger partial charge >= 0.3 is 0 Å². The van der Waals surface area contributed by atoms with Gasteiger partial charge in [-0.05, 0) is 50.4 Å². The lowest BCUT2D eigenvalue weighted by molar-refractivity contribution is -0.139. The van der Waals surface area contributed by atoms with E-state index in [-0.39, 0.29) is 24.3 Å². The maximum atomic E-state index is 13.8. The molecule has 3 fully saturated rings. The summed E-state index contributed by atoms with van der Waals surface area (Å²) in [6, 6.07) is 12.1. The first-order chi connectivity index (χ1) is 17.8. The maximum absolute atomic E-state index is 13.8. The summed E-state index contributed by atoms with van der Waals surface area (Å²) >= 11 is 0. The van der Waals surface area contributed by atoms with Gasteiger partial charge in [0.15, 0.2) is 0 Å². The summed E-state index contributed by atoms with van der Waals surface area (Å²) in [6.45, 7) is 5.57. The number of nitrogens with zero attached hydrogens (tertiary/aromatic N) is 4. The number of halogens is 1. The Bertz CT molecular complexity index is 1170. The Morgan fingerprint density at radius 3 is 2.19 bits per heavy atom. The molecule has 0 saturated carbocycles. The molecule has 8 nitrogen and oxygen atoms in total. The molecule has 37 heavy (non-hydrogen) atoms. The van der Waals surface area contributed by atoms with Gasteiger partial charge in [-0.15, -0.1) is 0 Å². The standard InChI is InChI=1S/C28H33FN4O4/c1-20-4-3-5-22(18-20)25(34)31-12-10-28(11-13-31)33(26(35)21-6-8-23(29)9-7-21)24(19-37-28)27(36)32-16-14-30(2)15-17-32/h3-9,18,24H,10-17,19H2,1-2H3/t24-/m0/s1. The number of benzene rings is 2. The lowest BCUT2D eigenvalue weighted by atomic mass is 9.95. The molecule has 1 spiro atoms. The second-order valence-corrected chi connectivity index (χ2v) is 10.2. The fourth-order valence-corrected chi connectivity index (χ4v) is 5.54. The summed E-state index contributed by atoms with van der Waals surface area (Å²) in [6.07, 6.45) is 0.786. The number of hydrogen-bond acceptors (Lipinski definition) is 5. The molecule has 0 aromatic heterocycles. The summed E-state index contributed by atoms with van der Waals surface area (Å²) < 4.78 is 19.9. The zero-order valence-electron chi connectivity index (χ0n) is 21.4. The van der Waals surface area contributed by atoms with Gasteiger partial charge in [-0.25, -0.2) is 4.39 Å². The van der Waals surface area contributed by atoms with Crippen LogP contribution in [0.5, 0.6) is 0 Å². The molecule has 3 amide bonds. The number of amides is 3. The van der Waals surface area contributed by atoms with Gasteiger partial charge in [-0.2, -0.15) is 0 Å². The average molecular weight is 509 g/mol. The molecule has 0 bridgehead atoms. The van der Waals surface area contributed by atoms with Crippen molar-refractivity contribution in [1.29, 1.82) is 0 Å². The molecule has 2 aromatic carbocycles. The SMILES string of the molecule is Cc1cccc(C(=O)N2CCC3(CC2)OC[C@@H](C(=O)N2CCN(C)CC2)N3C(=O)c2ccc(F)cc2)c1. The summed E-state index contributed by atoms with van der Waals surface area (Å²) in [5, 5.41) is 0. The lowest BCUT2D eigenvalue weighted by Gasteiger charge is -2.45. The normalized spacial score (nSPS) is 21.9. The minimum absolute atomic E-state index is 0.0574. The number of ether oxygens (including phenoxy) is 1. The molecule has 3 heterocycles. The first-order valence-electron chi connectivity index (χ1n) is 12.8. The second kappa shape index (κ2) is 10.2. The van der Waals surface area contributed by atoms with E-state index in [0.717, 1.165) is 18.7 Å². The number of likely N-dealkylation sites (N-methyl/N-ethyl adjacent to an activating group) is 1. The van der Waals surface area contributed by atoms with Gasteiger partial charge < -0.3 is 19.4 Å². The number of piperazine rings is 1. The molecule has 2 aromatic rings. The molecule has 5 rings (SSSR count). The Hall–Kier alpha value is -3.30. The number of carbonyl (C=O) groups is 3. The highest BCUT2D eigenvalue weighted by Gasteiger charge is 2.55. The third kappa shape index (κ3) is 4.98. The molecule has 196 valence electrons. The molecule has 9 heteroatoms. The van der Waals surface area contributed by atoms with Crippen molar-refractivity contribution in [3.63, 3.8) is 0 Å². The third-order valence-corrected chi connectivity index (χ3v) is 7.77. The van der Waals surface area contributed by atoms with Crippen LogP contribution in [-0.4, -0.2) is 102 Å². The smallest absolute Gasteiger partial charge is 0.256 e. The van der Waals surface area contributed by atoms with E-state index >= 15 is 0 Å². The van der Waals surface area contributed by atoms with Crippen molar-refractivity contribution in [3.8, 4) is 0 Å².